The second kappa shape index (κ2) is 10.5. The lowest BCUT2D eigenvalue weighted by atomic mass is 10.1. The molecule has 0 aliphatic carbocycles. The molecule has 28 heavy (non-hydrogen) atoms. The van der Waals surface area contributed by atoms with Crippen LogP contribution in [0.15, 0.2) is 41.5 Å². The third-order valence-electron chi connectivity index (χ3n) is 5.08. The van der Waals surface area contributed by atoms with Crippen molar-refractivity contribution in [2.45, 2.75) is 20.4 Å². The number of benzene rings is 1. The molecule has 152 valence electrons. The van der Waals surface area contributed by atoms with Crippen LogP contribution in [0.1, 0.15) is 16.8 Å². The van der Waals surface area contributed by atoms with Gasteiger partial charge < -0.3 is 19.9 Å². The Labute approximate surface area is 185 Å². The second-order valence-corrected chi connectivity index (χ2v) is 6.76. The molecule has 1 aromatic heterocycles. The number of para-hydroxylation sites is 1. The first kappa shape index (κ1) is 22.3. The SMILES string of the molecule is CN=C(NCc1ncc(C)c(OC)c1C)N1CCN(c2ccccc2)CC1.I. The molecule has 0 atom stereocenters. The third kappa shape index (κ3) is 5.06. The van der Waals surface area contributed by atoms with Crippen LogP contribution in [0.4, 0.5) is 5.69 Å². The van der Waals surface area contributed by atoms with Gasteiger partial charge in [0, 0.05) is 56.2 Å². The van der Waals surface area contributed by atoms with E-state index in [2.05, 4.69) is 62.3 Å². The summed E-state index contributed by atoms with van der Waals surface area (Å²) in [5.41, 5.74) is 4.41. The number of hydrogen-bond donors (Lipinski definition) is 1. The Kier molecular flexibility index (Phi) is 8.35. The van der Waals surface area contributed by atoms with Crippen LogP contribution in [0.5, 0.6) is 5.75 Å². The average molecular weight is 495 g/mol. The molecule has 3 rings (SSSR count). The van der Waals surface area contributed by atoms with Crippen molar-refractivity contribution in [1.29, 1.82) is 0 Å². The van der Waals surface area contributed by atoms with Gasteiger partial charge in [0.05, 0.1) is 19.3 Å². The Balaban J connectivity index is 0.00000280. The number of aryl methyl sites for hydroxylation is 1. The monoisotopic (exact) mass is 495 g/mol. The lowest BCUT2D eigenvalue weighted by molar-refractivity contribution is 0.372. The summed E-state index contributed by atoms with van der Waals surface area (Å²) in [6.45, 7) is 8.56. The Hall–Kier alpha value is -2.03. The fourth-order valence-electron chi connectivity index (χ4n) is 3.56. The average Bonchev–Trinajstić information content (AvgIpc) is 2.71. The molecular weight excluding hydrogens is 465 g/mol. The number of nitrogens with one attached hydrogen (secondary N) is 1. The van der Waals surface area contributed by atoms with Crippen LogP contribution in [0.25, 0.3) is 0 Å². The number of halogens is 1. The zero-order valence-electron chi connectivity index (χ0n) is 17.1. The van der Waals surface area contributed by atoms with E-state index in [1.807, 2.05) is 20.2 Å². The van der Waals surface area contributed by atoms with Crippen molar-refractivity contribution in [2.24, 2.45) is 4.99 Å². The molecule has 6 nitrogen and oxygen atoms in total. The van der Waals surface area contributed by atoms with E-state index in [0.717, 1.165) is 54.7 Å². The fourth-order valence-corrected chi connectivity index (χ4v) is 3.56. The van der Waals surface area contributed by atoms with E-state index in [0.29, 0.717) is 6.54 Å². The van der Waals surface area contributed by atoms with Gasteiger partial charge in [0.25, 0.3) is 0 Å². The first-order valence-corrected chi connectivity index (χ1v) is 9.38. The zero-order valence-corrected chi connectivity index (χ0v) is 19.4. The highest BCUT2D eigenvalue weighted by atomic mass is 127. The predicted molar refractivity (Wildman–Crippen MR) is 126 cm³/mol. The van der Waals surface area contributed by atoms with Crippen molar-refractivity contribution in [1.82, 2.24) is 15.2 Å². The van der Waals surface area contributed by atoms with Gasteiger partial charge in [-0.1, -0.05) is 18.2 Å². The predicted octanol–water partition coefficient (Wildman–Crippen LogP) is 3.22. The van der Waals surface area contributed by atoms with Crippen molar-refractivity contribution in [2.75, 3.05) is 45.2 Å². The Morgan fingerprint density at radius 3 is 2.43 bits per heavy atom. The van der Waals surface area contributed by atoms with Gasteiger partial charge in [-0.25, -0.2) is 0 Å². The summed E-state index contributed by atoms with van der Waals surface area (Å²) in [7, 11) is 3.54. The second-order valence-electron chi connectivity index (χ2n) is 6.76. The van der Waals surface area contributed by atoms with E-state index in [9.17, 15) is 0 Å². The molecular formula is C21H30IN5O. The number of methoxy groups -OCH3 is 1. The van der Waals surface area contributed by atoms with Gasteiger partial charge in [-0.05, 0) is 26.0 Å². The number of aromatic nitrogens is 1. The molecule has 0 unspecified atom stereocenters. The zero-order chi connectivity index (χ0) is 19.2. The molecule has 1 aromatic carbocycles. The number of hydrogen-bond acceptors (Lipinski definition) is 4. The van der Waals surface area contributed by atoms with Gasteiger partial charge in [-0.15, -0.1) is 24.0 Å². The molecule has 2 heterocycles. The fraction of sp³-hybridized carbons (Fsp3) is 0.429. The van der Waals surface area contributed by atoms with Gasteiger partial charge in [0.1, 0.15) is 5.75 Å². The molecule has 0 spiro atoms. The minimum absolute atomic E-state index is 0. The number of nitrogens with zero attached hydrogens (tertiary/aromatic N) is 4. The first-order valence-electron chi connectivity index (χ1n) is 9.38. The molecule has 1 N–H and O–H groups in total. The molecule has 7 heteroatoms. The smallest absolute Gasteiger partial charge is 0.194 e. The molecule has 0 amide bonds. The van der Waals surface area contributed by atoms with Crippen LogP contribution < -0.4 is 15.0 Å². The third-order valence-corrected chi connectivity index (χ3v) is 5.08. The van der Waals surface area contributed by atoms with Crippen molar-refractivity contribution in [3.63, 3.8) is 0 Å². The van der Waals surface area contributed by atoms with Crippen molar-refractivity contribution in [3.8, 4) is 5.75 Å². The van der Waals surface area contributed by atoms with Gasteiger partial charge in [0.2, 0.25) is 0 Å². The number of guanidine groups is 1. The summed E-state index contributed by atoms with van der Waals surface area (Å²) in [5, 5.41) is 3.46. The lowest BCUT2D eigenvalue weighted by Crippen LogP contribution is -2.52. The Morgan fingerprint density at radius 2 is 1.82 bits per heavy atom. The number of piperazine rings is 1. The molecule has 0 radical (unpaired) electrons. The number of aliphatic imine (C=N–C) groups is 1. The van der Waals surface area contributed by atoms with E-state index in [1.165, 1.54) is 5.69 Å². The summed E-state index contributed by atoms with van der Waals surface area (Å²) in [6, 6.07) is 10.6. The van der Waals surface area contributed by atoms with Gasteiger partial charge in [-0.2, -0.15) is 0 Å². The number of pyridine rings is 1. The number of ether oxygens (including phenoxy) is 1. The summed E-state index contributed by atoms with van der Waals surface area (Å²) in [4.78, 5) is 13.8. The molecule has 1 saturated heterocycles. The van der Waals surface area contributed by atoms with Gasteiger partial charge >= 0.3 is 0 Å². The topological polar surface area (TPSA) is 53.0 Å². The van der Waals surface area contributed by atoms with E-state index in [4.69, 9.17) is 4.74 Å². The molecule has 2 aromatic rings. The Bertz CT molecular complexity index is 789. The highest BCUT2D eigenvalue weighted by Crippen LogP contribution is 2.23. The van der Waals surface area contributed by atoms with E-state index < -0.39 is 0 Å². The normalized spacial score (nSPS) is 14.5. The molecule has 0 saturated carbocycles. The molecule has 0 bridgehead atoms. The van der Waals surface area contributed by atoms with Crippen LogP contribution in [0.3, 0.4) is 0 Å². The largest absolute Gasteiger partial charge is 0.496 e. The van der Waals surface area contributed by atoms with E-state index in [1.54, 1.807) is 7.11 Å². The summed E-state index contributed by atoms with van der Waals surface area (Å²) < 4.78 is 5.51. The number of rotatable bonds is 4. The van der Waals surface area contributed by atoms with Crippen LogP contribution in [0, 0.1) is 13.8 Å². The minimum Gasteiger partial charge on any atom is -0.496 e. The lowest BCUT2D eigenvalue weighted by Gasteiger charge is -2.37. The maximum Gasteiger partial charge on any atom is 0.194 e. The molecule has 1 fully saturated rings. The van der Waals surface area contributed by atoms with Crippen LogP contribution >= 0.6 is 24.0 Å². The highest BCUT2D eigenvalue weighted by molar-refractivity contribution is 14.0. The van der Waals surface area contributed by atoms with E-state index in [-0.39, 0.29) is 24.0 Å². The van der Waals surface area contributed by atoms with E-state index >= 15 is 0 Å². The van der Waals surface area contributed by atoms with Gasteiger partial charge in [-0.3, -0.25) is 9.98 Å². The quantitative estimate of drug-likeness (QED) is 0.401. The standard InChI is InChI=1S/C21H29N5O.HI/c1-16-14-23-19(17(2)20(16)27-4)15-24-21(22-3)26-12-10-25(11-13-26)18-8-6-5-7-9-18;/h5-9,14H,10-13,15H2,1-4H3,(H,22,24);1H. The Morgan fingerprint density at radius 1 is 1.14 bits per heavy atom. The van der Waals surface area contributed by atoms with Crippen molar-refractivity contribution >= 4 is 35.6 Å². The summed E-state index contributed by atoms with van der Waals surface area (Å²) in [6.07, 6.45) is 1.87. The maximum atomic E-state index is 5.51. The highest BCUT2D eigenvalue weighted by Gasteiger charge is 2.20. The minimum atomic E-state index is 0. The molecule has 1 aliphatic rings. The van der Waals surface area contributed by atoms with Crippen LogP contribution in [-0.4, -0.2) is 56.2 Å². The molecule has 1 aliphatic heterocycles. The van der Waals surface area contributed by atoms with Crippen LogP contribution in [0.2, 0.25) is 0 Å². The maximum absolute atomic E-state index is 5.51. The number of anilines is 1. The summed E-state index contributed by atoms with van der Waals surface area (Å²) >= 11 is 0. The first-order chi connectivity index (χ1) is 13.1. The van der Waals surface area contributed by atoms with Crippen molar-refractivity contribution in [3.05, 3.63) is 53.3 Å². The van der Waals surface area contributed by atoms with Crippen molar-refractivity contribution < 1.29 is 4.74 Å². The summed E-state index contributed by atoms with van der Waals surface area (Å²) in [5.74, 6) is 1.83. The van der Waals surface area contributed by atoms with Crippen LogP contribution in [-0.2, 0) is 6.54 Å². The van der Waals surface area contributed by atoms with Gasteiger partial charge in [0.15, 0.2) is 5.96 Å².